The summed E-state index contributed by atoms with van der Waals surface area (Å²) in [6, 6.07) is 0. The van der Waals surface area contributed by atoms with E-state index in [0.29, 0.717) is 0 Å². The zero-order valence-corrected chi connectivity index (χ0v) is 14.3. The third kappa shape index (κ3) is 14.4. The number of hydrogen-bond donors (Lipinski definition) is 0. The molecule has 1 unspecified atom stereocenters. The molecule has 0 fully saturated rings. The number of unbranched alkanes of at least 4 members (excludes halogenated alkanes) is 12. The van der Waals surface area contributed by atoms with Gasteiger partial charge >= 0.3 is 0 Å². The molecule has 0 bridgehead atoms. The molecule has 0 amide bonds. The van der Waals surface area contributed by atoms with E-state index >= 15 is 0 Å². The van der Waals surface area contributed by atoms with Crippen molar-refractivity contribution in [1.82, 2.24) is 0 Å². The molecule has 0 aromatic carbocycles. The molecular weight excluding hydrogens is 240 g/mol. The van der Waals surface area contributed by atoms with Crippen LogP contribution < -0.4 is 0 Å². The van der Waals surface area contributed by atoms with Gasteiger partial charge in [-0.2, -0.15) is 0 Å². The van der Waals surface area contributed by atoms with Crippen LogP contribution in [0.2, 0.25) is 0 Å². The van der Waals surface area contributed by atoms with Crippen LogP contribution in [0.3, 0.4) is 0 Å². The van der Waals surface area contributed by atoms with Gasteiger partial charge in [-0.1, -0.05) is 124 Å². The van der Waals surface area contributed by atoms with Crippen LogP contribution in [-0.2, 0) is 0 Å². The Morgan fingerprint density at radius 3 is 1.35 bits per heavy atom. The van der Waals surface area contributed by atoms with Crippen LogP contribution in [0.15, 0.2) is 0 Å². The van der Waals surface area contributed by atoms with Crippen LogP contribution in [-0.4, -0.2) is 0 Å². The van der Waals surface area contributed by atoms with Gasteiger partial charge in [-0.15, -0.1) is 0 Å². The van der Waals surface area contributed by atoms with Crippen LogP contribution in [0.25, 0.3) is 0 Å². The molecule has 0 aromatic heterocycles. The quantitative estimate of drug-likeness (QED) is 0.256. The summed E-state index contributed by atoms with van der Waals surface area (Å²) in [6.07, 6.45) is 22.2. The van der Waals surface area contributed by atoms with Crippen LogP contribution in [0.4, 0.5) is 0 Å². The summed E-state index contributed by atoms with van der Waals surface area (Å²) in [7, 11) is 0. The molecule has 2 radical (unpaired) electrons. The second-order valence-electron chi connectivity index (χ2n) is 6.45. The first-order valence-electron chi connectivity index (χ1n) is 9.43. The Hall–Kier alpha value is 0. The van der Waals surface area contributed by atoms with E-state index < -0.39 is 0 Å². The van der Waals surface area contributed by atoms with Gasteiger partial charge in [0, 0.05) is 0 Å². The maximum Gasteiger partial charge on any atom is -0.0417 e. The van der Waals surface area contributed by atoms with E-state index in [1.165, 1.54) is 89.9 Å². The van der Waals surface area contributed by atoms with E-state index in [1.807, 2.05) is 0 Å². The maximum atomic E-state index is 4.03. The zero-order chi connectivity index (χ0) is 14.9. The summed E-state index contributed by atoms with van der Waals surface area (Å²) < 4.78 is 0. The van der Waals surface area contributed by atoms with Gasteiger partial charge in [0.05, 0.1) is 0 Å². The molecule has 0 heterocycles. The maximum absolute atomic E-state index is 4.03. The molecule has 0 spiro atoms. The van der Waals surface area contributed by atoms with Crippen LogP contribution in [0.5, 0.6) is 0 Å². The van der Waals surface area contributed by atoms with Gasteiger partial charge in [-0.05, 0) is 5.92 Å². The first kappa shape index (κ1) is 20.0. The van der Waals surface area contributed by atoms with Gasteiger partial charge in [0.1, 0.15) is 0 Å². The largest absolute Gasteiger partial charge is 0.0651 e. The molecule has 120 valence electrons. The average Bonchev–Trinajstić information content (AvgIpc) is 2.48. The third-order valence-corrected chi connectivity index (χ3v) is 4.60. The van der Waals surface area contributed by atoms with Crippen molar-refractivity contribution in [3.63, 3.8) is 0 Å². The van der Waals surface area contributed by atoms with E-state index in [9.17, 15) is 0 Å². The fraction of sp³-hybridized carbons (Fsp3) is 0.900. The van der Waals surface area contributed by atoms with Crippen molar-refractivity contribution in [1.29, 1.82) is 0 Å². The predicted octanol–water partition coefficient (Wildman–Crippen LogP) is 7.53. The summed E-state index contributed by atoms with van der Waals surface area (Å²) in [5.41, 5.74) is 0. The fourth-order valence-electron chi connectivity index (χ4n) is 2.93. The number of hydrogen-bond acceptors (Lipinski definition) is 0. The lowest BCUT2D eigenvalue weighted by Crippen LogP contribution is -1.96. The van der Waals surface area contributed by atoms with Crippen molar-refractivity contribution in [2.45, 2.75) is 110 Å². The van der Waals surface area contributed by atoms with Gasteiger partial charge in [0.25, 0.3) is 0 Å². The Morgan fingerprint density at radius 1 is 0.600 bits per heavy atom. The molecule has 20 heavy (non-hydrogen) atoms. The van der Waals surface area contributed by atoms with Gasteiger partial charge in [-0.3, -0.25) is 0 Å². The Balaban J connectivity index is 3.02. The highest BCUT2D eigenvalue weighted by atomic mass is 14.1. The molecule has 0 saturated carbocycles. The van der Waals surface area contributed by atoms with Gasteiger partial charge < -0.3 is 0 Å². The van der Waals surface area contributed by atoms with Crippen molar-refractivity contribution in [3.05, 3.63) is 13.8 Å². The molecule has 1 atom stereocenters. The molecule has 0 aliphatic rings. The summed E-state index contributed by atoms with van der Waals surface area (Å²) in [5, 5.41) is 0. The normalized spacial score (nSPS) is 11.4. The minimum absolute atomic E-state index is 0.887. The van der Waals surface area contributed by atoms with Crippen molar-refractivity contribution in [2.75, 3.05) is 0 Å². The molecular formula is C20H40. The van der Waals surface area contributed by atoms with Gasteiger partial charge in [0.2, 0.25) is 0 Å². The minimum Gasteiger partial charge on any atom is -0.0651 e. The topological polar surface area (TPSA) is 0 Å². The van der Waals surface area contributed by atoms with Crippen molar-refractivity contribution in [2.24, 2.45) is 5.92 Å². The highest BCUT2D eigenvalue weighted by Gasteiger charge is 2.02. The zero-order valence-electron chi connectivity index (χ0n) is 14.3. The monoisotopic (exact) mass is 280 g/mol. The molecule has 0 saturated heterocycles. The summed E-state index contributed by atoms with van der Waals surface area (Å²) in [4.78, 5) is 0. The summed E-state index contributed by atoms with van der Waals surface area (Å²) in [6.45, 7) is 10.2. The Labute approximate surface area is 130 Å². The Kier molecular flexibility index (Phi) is 17.1. The predicted molar refractivity (Wildman–Crippen MR) is 93.8 cm³/mol. The fourth-order valence-corrected chi connectivity index (χ4v) is 2.93. The van der Waals surface area contributed by atoms with Crippen molar-refractivity contribution in [3.8, 4) is 0 Å². The summed E-state index contributed by atoms with van der Waals surface area (Å²) >= 11 is 0. The lowest BCUT2D eigenvalue weighted by Gasteiger charge is -2.11. The minimum atomic E-state index is 0.887. The lowest BCUT2D eigenvalue weighted by atomic mass is 9.95. The number of rotatable bonds is 16. The van der Waals surface area contributed by atoms with E-state index in [2.05, 4.69) is 20.8 Å². The van der Waals surface area contributed by atoms with Crippen molar-refractivity contribution < 1.29 is 0 Å². The molecule has 0 heteroatoms. The average molecular weight is 281 g/mol. The SMILES string of the molecule is [CH2]CCCCCCCCCCCCCCC(C[CH2])CC. The highest BCUT2D eigenvalue weighted by Crippen LogP contribution is 2.18. The van der Waals surface area contributed by atoms with Crippen LogP contribution in [0, 0.1) is 19.8 Å². The first-order valence-corrected chi connectivity index (χ1v) is 9.43. The first-order chi connectivity index (χ1) is 9.85. The van der Waals surface area contributed by atoms with Crippen LogP contribution >= 0.6 is 0 Å². The second kappa shape index (κ2) is 17.1. The van der Waals surface area contributed by atoms with E-state index in [4.69, 9.17) is 0 Å². The van der Waals surface area contributed by atoms with Crippen molar-refractivity contribution >= 4 is 0 Å². The Morgan fingerprint density at radius 2 is 1.00 bits per heavy atom. The highest BCUT2D eigenvalue weighted by molar-refractivity contribution is 4.59. The van der Waals surface area contributed by atoms with E-state index in [0.717, 1.165) is 18.8 Å². The van der Waals surface area contributed by atoms with E-state index in [-0.39, 0.29) is 0 Å². The van der Waals surface area contributed by atoms with E-state index in [1.54, 1.807) is 0 Å². The smallest absolute Gasteiger partial charge is 0.0417 e. The Bertz CT molecular complexity index is 157. The molecule has 0 aromatic rings. The van der Waals surface area contributed by atoms with Gasteiger partial charge in [-0.25, -0.2) is 0 Å². The molecule has 0 rings (SSSR count). The summed E-state index contributed by atoms with van der Waals surface area (Å²) in [5.74, 6) is 0.887. The standard InChI is InChI=1S/C20H40/c1-4-7-8-9-10-11-12-13-14-15-16-17-18-19-20(5-2)6-3/h20H,1-2,4-19H2,3H3. The third-order valence-electron chi connectivity index (χ3n) is 4.60. The van der Waals surface area contributed by atoms with Gasteiger partial charge in [0.15, 0.2) is 0 Å². The van der Waals surface area contributed by atoms with Crippen LogP contribution in [0.1, 0.15) is 110 Å². The molecule has 0 aliphatic heterocycles. The lowest BCUT2D eigenvalue weighted by molar-refractivity contribution is 0.440. The molecule has 0 nitrogen and oxygen atoms in total. The molecule has 0 aliphatic carbocycles. The second-order valence-corrected chi connectivity index (χ2v) is 6.45. The molecule has 0 N–H and O–H groups in total.